The fourth-order valence-electron chi connectivity index (χ4n) is 2.43. The van der Waals surface area contributed by atoms with Gasteiger partial charge in [-0.2, -0.15) is 0 Å². The molecular weight excluding hydrogens is 318 g/mol. The van der Waals surface area contributed by atoms with Gasteiger partial charge < -0.3 is 14.7 Å². The maximum atomic E-state index is 12.4. The quantitative estimate of drug-likeness (QED) is 0.838. The largest absolute Gasteiger partial charge is 0.491 e. The van der Waals surface area contributed by atoms with Gasteiger partial charge in [-0.3, -0.25) is 4.79 Å². The van der Waals surface area contributed by atoms with Gasteiger partial charge in [-0.05, 0) is 49.2 Å². The fourth-order valence-corrected chi connectivity index (χ4v) is 2.43. The third-order valence-electron chi connectivity index (χ3n) is 3.67. The second kappa shape index (κ2) is 8.33. The Morgan fingerprint density at radius 1 is 1.08 bits per heavy atom. The summed E-state index contributed by atoms with van der Waals surface area (Å²) < 4.78 is 5.65. The summed E-state index contributed by atoms with van der Waals surface area (Å²) in [5.41, 5.74) is 2.02. The van der Waals surface area contributed by atoms with E-state index in [1.54, 1.807) is 36.2 Å². The summed E-state index contributed by atoms with van der Waals surface area (Å²) in [5, 5.41) is 8.91. The van der Waals surface area contributed by atoms with Gasteiger partial charge in [0.1, 0.15) is 5.75 Å². The molecule has 0 bridgehead atoms. The lowest BCUT2D eigenvalue weighted by Gasteiger charge is -2.18. The Morgan fingerprint density at radius 3 is 2.36 bits per heavy atom. The Balaban J connectivity index is 1.97. The minimum atomic E-state index is -0.959. The van der Waals surface area contributed by atoms with Crippen LogP contribution in [-0.2, 0) is 17.8 Å². The molecule has 0 heterocycles. The molecule has 0 radical (unpaired) electrons. The van der Waals surface area contributed by atoms with Gasteiger partial charge >= 0.3 is 5.97 Å². The van der Waals surface area contributed by atoms with Crippen LogP contribution in [0.1, 0.15) is 35.3 Å². The van der Waals surface area contributed by atoms with E-state index in [1.807, 2.05) is 38.1 Å². The van der Waals surface area contributed by atoms with E-state index in [0.717, 1.165) is 16.9 Å². The van der Waals surface area contributed by atoms with Crippen LogP contribution >= 0.6 is 0 Å². The van der Waals surface area contributed by atoms with Gasteiger partial charge in [0.05, 0.1) is 18.1 Å². The smallest absolute Gasteiger partial charge is 0.335 e. The number of nitrogens with zero attached hydrogens (tertiary/aromatic N) is 1. The fraction of sp³-hybridized carbons (Fsp3) is 0.300. The second-order valence-corrected chi connectivity index (χ2v) is 6.24. The zero-order valence-corrected chi connectivity index (χ0v) is 14.7. The molecule has 0 aliphatic rings. The maximum absolute atomic E-state index is 12.4. The molecule has 132 valence electrons. The van der Waals surface area contributed by atoms with E-state index < -0.39 is 5.97 Å². The van der Waals surface area contributed by atoms with Crippen LogP contribution in [0.5, 0.6) is 5.75 Å². The lowest BCUT2D eigenvalue weighted by Crippen LogP contribution is -2.27. The van der Waals surface area contributed by atoms with Crippen molar-refractivity contribution in [1.82, 2.24) is 4.90 Å². The van der Waals surface area contributed by atoms with Crippen LogP contribution in [0.4, 0.5) is 0 Å². The van der Waals surface area contributed by atoms with Gasteiger partial charge in [0.2, 0.25) is 5.91 Å². The SMILES string of the molecule is CC(C)Oc1cccc(CC(=O)N(C)Cc2ccc(C(=O)O)cc2)c1. The van der Waals surface area contributed by atoms with Crippen molar-refractivity contribution in [1.29, 1.82) is 0 Å². The molecule has 0 spiro atoms. The number of carbonyl (C=O) groups excluding carboxylic acids is 1. The number of aromatic carboxylic acids is 1. The minimum Gasteiger partial charge on any atom is -0.491 e. The predicted molar refractivity (Wildman–Crippen MR) is 95.8 cm³/mol. The van der Waals surface area contributed by atoms with E-state index in [-0.39, 0.29) is 17.6 Å². The van der Waals surface area contributed by atoms with Crippen LogP contribution in [0.2, 0.25) is 0 Å². The average Bonchev–Trinajstić information content (AvgIpc) is 2.55. The number of ether oxygens (including phenoxy) is 1. The maximum Gasteiger partial charge on any atom is 0.335 e. The monoisotopic (exact) mass is 341 g/mol. The lowest BCUT2D eigenvalue weighted by atomic mass is 10.1. The summed E-state index contributed by atoms with van der Waals surface area (Å²) in [6, 6.07) is 14.1. The van der Waals surface area contributed by atoms with Crippen LogP contribution in [-0.4, -0.2) is 35.0 Å². The molecule has 2 rings (SSSR count). The number of carboxylic acid groups (broad SMARTS) is 1. The first-order valence-corrected chi connectivity index (χ1v) is 8.17. The summed E-state index contributed by atoms with van der Waals surface area (Å²) in [7, 11) is 1.74. The number of carbonyl (C=O) groups is 2. The molecule has 0 fully saturated rings. The first-order valence-electron chi connectivity index (χ1n) is 8.17. The predicted octanol–water partition coefficient (Wildman–Crippen LogP) is 3.37. The lowest BCUT2D eigenvalue weighted by molar-refractivity contribution is -0.129. The summed E-state index contributed by atoms with van der Waals surface area (Å²) in [4.78, 5) is 24.9. The van der Waals surface area contributed by atoms with Gasteiger partial charge in [0.25, 0.3) is 0 Å². The number of rotatable bonds is 7. The van der Waals surface area contributed by atoms with Crippen molar-refractivity contribution in [2.75, 3.05) is 7.05 Å². The van der Waals surface area contributed by atoms with Crippen molar-refractivity contribution < 1.29 is 19.4 Å². The van der Waals surface area contributed by atoms with Crippen molar-refractivity contribution in [3.8, 4) is 5.75 Å². The number of amides is 1. The number of hydrogen-bond acceptors (Lipinski definition) is 3. The number of benzene rings is 2. The Bertz CT molecular complexity index is 738. The van der Waals surface area contributed by atoms with Gasteiger partial charge in [0, 0.05) is 13.6 Å². The first-order chi connectivity index (χ1) is 11.8. The van der Waals surface area contributed by atoms with Crippen molar-refractivity contribution in [2.45, 2.75) is 32.9 Å². The Hall–Kier alpha value is -2.82. The number of carboxylic acids is 1. The average molecular weight is 341 g/mol. The molecule has 0 atom stereocenters. The Kier molecular flexibility index (Phi) is 6.17. The molecule has 0 unspecified atom stereocenters. The van der Waals surface area contributed by atoms with Crippen LogP contribution in [0.15, 0.2) is 48.5 Å². The van der Waals surface area contributed by atoms with E-state index in [2.05, 4.69) is 0 Å². The van der Waals surface area contributed by atoms with E-state index in [0.29, 0.717) is 13.0 Å². The van der Waals surface area contributed by atoms with E-state index in [4.69, 9.17) is 9.84 Å². The zero-order valence-electron chi connectivity index (χ0n) is 14.7. The third kappa shape index (κ3) is 5.64. The van der Waals surface area contributed by atoms with Crippen LogP contribution < -0.4 is 4.74 Å². The van der Waals surface area contributed by atoms with Crippen LogP contribution in [0.25, 0.3) is 0 Å². The highest BCUT2D eigenvalue weighted by Gasteiger charge is 2.12. The van der Waals surface area contributed by atoms with Crippen molar-refractivity contribution >= 4 is 11.9 Å². The van der Waals surface area contributed by atoms with Crippen LogP contribution in [0.3, 0.4) is 0 Å². The van der Waals surface area contributed by atoms with Gasteiger partial charge in [0.15, 0.2) is 0 Å². The van der Waals surface area contributed by atoms with Gasteiger partial charge in [-0.1, -0.05) is 24.3 Å². The molecule has 1 amide bonds. The van der Waals surface area contributed by atoms with Crippen molar-refractivity contribution in [3.63, 3.8) is 0 Å². The van der Waals surface area contributed by atoms with Gasteiger partial charge in [-0.15, -0.1) is 0 Å². The third-order valence-corrected chi connectivity index (χ3v) is 3.67. The van der Waals surface area contributed by atoms with E-state index >= 15 is 0 Å². The Morgan fingerprint density at radius 2 is 1.76 bits per heavy atom. The number of likely N-dealkylation sites (N-methyl/N-ethyl adjacent to an activating group) is 1. The summed E-state index contributed by atoms with van der Waals surface area (Å²) in [6.45, 7) is 4.35. The molecule has 0 saturated heterocycles. The molecule has 5 heteroatoms. The molecule has 0 saturated carbocycles. The highest BCUT2D eigenvalue weighted by molar-refractivity contribution is 5.87. The molecule has 25 heavy (non-hydrogen) atoms. The summed E-state index contributed by atoms with van der Waals surface area (Å²) in [5.74, 6) is -0.212. The topological polar surface area (TPSA) is 66.8 Å². The molecule has 5 nitrogen and oxygen atoms in total. The molecule has 2 aromatic carbocycles. The molecule has 2 aromatic rings. The first kappa shape index (κ1) is 18.5. The second-order valence-electron chi connectivity index (χ2n) is 6.24. The Labute approximate surface area is 147 Å². The van der Waals surface area contributed by atoms with Crippen molar-refractivity contribution in [2.24, 2.45) is 0 Å². The van der Waals surface area contributed by atoms with Gasteiger partial charge in [-0.25, -0.2) is 4.79 Å². The standard InChI is InChI=1S/C20H23NO4/c1-14(2)25-18-6-4-5-16(11-18)12-19(22)21(3)13-15-7-9-17(10-8-15)20(23)24/h4-11,14H,12-13H2,1-3H3,(H,23,24). The summed E-state index contributed by atoms with van der Waals surface area (Å²) in [6.07, 6.45) is 0.376. The molecule has 0 aliphatic carbocycles. The number of hydrogen-bond donors (Lipinski definition) is 1. The molecule has 0 aromatic heterocycles. The minimum absolute atomic E-state index is 0.0102. The highest BCUT2D eigenvalue weighted by Crippen LogP contribution is 2.16. The van der Waals surface area contributed by atoms with E-state index in [9.17, 15) is 9.59 Å². The normalized spacial score (nSPS) is 10.6. The summed E-state index contributed by atoms with van der Waals surface area (Å²) >= 11 is 0. The molecule has 1 N–H and O–H groups in total. The molecule has 0 aliphatic heterocycles. The van der Waals surface area contributed by atoms with E-state index in [1.165, 1.54) is 0 Å². The molecular formula is C20H23NO4. The zero-order chi connectivity index (χ0) is 18.4. The highest BCUT2D eigenvalue weighted by atomic mass is 16.5. The van der Waals surface area contributed by atoms with Crippen LogP contribution in [0, 0.1) is 0 Å². The van der Waals surface area contributed by atoms with Crippen molar-refractivity contribution in [3.05, 3.63) is 65.2 Å².